The molecule has 0 aromatic carbocycles. The maximum Gasteiger partial charge on any atom is 0.471 e. The Labute approximate surface area is 93.2 Å². The van der Waals surface area contributed by atoms with E-state index in [1.54, 1.807) is 5.32 Å². The minimum absolute atomic E-state index is 0.0509. The molecule has 2 N–H and O–H groups in total. The van der Waals surface area contributed by atoms with Crippen LogP contribution >= 0.6 is 0 Å². The van der Waals surface area contributed by atoms with Crippen LogP contribution in [-0.2, 0) is 9.59 Å². The average molecular weight is 251 g/mol. The maximum absolute atomic E-state index is 12.0. The van der Waals surface area contributed by atoms with Crippen LogP contribution in [-0.4, -0.2) is 23.2 Å². The molecule has 0 saturated carbocycles. The smallest absolute Gasteiger partial charge is 0.471 e. The highest BCUT2D eigenvalue weighted by molar-refractivity contribution is 5.82. The number of rotatable bonds is 4. The lowest BCUT2D eigenvalue weighted by molar-refractivity contribution is -0.174. The van der Waals surface area contributed by atoms with Crippen LogP contribution < -0.4 is 5.32 Å². The van der Waals surface area contributed by atoms with Crippen molar-refractivity contribution >= 4 is 11.9 Å². The lowest BCUT2D eigenvalue weighted by atomic mass is 10.1. The standard InChI is InChI=1S/C9H8F3NO4/c10-9(11,12)8(16)13-5(4-7(14)15)6-2-1-3-17-6/h1-3,5H,4H2,(H,13,16)(H,14,15). The first kappa shape index (κ1) is 13.1. The van der Waals surface area contributed by atoms with Gasteiger partial charge in [0.1, 0.15) is 5.76 Å². The minimum atomic E-state index is -5.07. The number of hydrogen-bond acceptors (Lipinski definition) is 3. The van der Waals surface area contributed by atoms with Crippen molar-refractivity contribution in [3.63, 3.8) is 0 Å². The summed E-state index contributed by atoms with van der Waals surface area (Å²) in [5.74, 6) is -3.61. The topological polar surface area (TPSA) is 79.5 Å². The van der Waals surface area contributed by atoms with E-state index in [2.05, 4.69) is 0 Å². The molecule has 17 heavy (non-hydrogen) atoms. The number of nitrogens with one attached hydrogen (secondary N) is 1. The van der Waals surface area contributed by atoms with Crippen molar-refractivity contribution in [2.45, 2.75) is 18.6 Å². The van der Waals surface area contributed by atoms with Crippen LogP contribution in [0.15, 0.2) is 22.8 Å². The highest BCUT2D eigenvalue weighted by Crippen LogP contribution is 2.21. The number of carbonyl (C=O) groups is 2. The molecule has 94 valence electrons. The summed E-state index contributed by atoms with van der Waals surface area (Å²) in [6, 6.07) is 1.31. The molecule has 0 aliphatic rings. The van der Waals surface area contributed by atoms with Gasteiger partial charge in [0.15, 0.2) is 0 Å². The quantitative estimate of drug-likeness (QED) is 0.849. The lowest BCUT2D eigenvalue weighted by Crippen LogP contribution is -2.39. The number of carboxylic acid groups (broad SMARTS) is 1. The van der Waals surface area contributed by atoms with E-state index >= 15 is 0 Å². The molecule has 1 unspecified atom stereocenters. The van der Waals surface area contributed by atoms with Gasteiger partial charge in [0.2, 0.25) is 0 Å². The van der Waals surface area contributed by atoms with E-state index < -0.39 is 30.5 Å². The van der Waals surface area contributed by atoms with E-state index in [1.807, 2.05) is 0 Å². The maximum atomic E-state index is 12.0. The summed E-state index contributed by atoms with van der Waals surface area (Å²) in [6.45, 7) is 0. The molecule has 0 bridgehead atoms. The Morgan fingerprint density at radius 3 is 2.53 bits per heavy atom. The van der Waals surface area contributed by atoms with Crippen molar-refractivity contribution in [3.05, 3.63) is 24.2 Å². The van der Waals surface area contributed by atoms with Gasteiger partial charge in [-0.1, -0.05) is 0 Å². The van der Waals surface area contributed by atoms with Crippen LogP contribution in [0.1, 0.15) is 18.2 Å². The highest BCUT2D eigenvalue weighted by Gasteiger charge is 2.40. The van der Waals surface area contributed by atoms with Crippen LogP contribution in [0.2, 0.25) is 0 Å². The van der Waals surface area contributed by atoms with Gasteiger partial charge in [0, 0.05) is 0 Å². The molecule has 1 amide bonds. The first-order valence-electron chi connectivity index (χ1n) is 4.43. The fraction of sp³-hybridized carbons (Fsp3) is 0.333. The minimum Gasteiger partial charge on any atom is -0.481 e. The molecule has 0 saturated heterocycles. The summed E-state index contributed by atoms with van der Waals surface area (Å²) in [7, 11) is 0. The summed E-state index contributed by atoms with van der Waals surface area (Å²) >= 11 is 0. The van der Waals surface area contributed by atoms with E-state index in [4.69, 9.17) is 9.52 Å². The zero-order valence-corrected chi connectivity index (χ0v) is 8.32. The van der Waals surface area contributed by atoms with Crippen LogP contribution in [0, 0.1) is 0 Å². The Hall–Kier alpha value is -1.99. The Bertz CT molecular complexity index is 399. The third kappa shape index (κ3) is 3.82. The number of aliphatic carboxylic acids is 1. The lowest BCUT2D eigenvalue weighted by Gasteiger charge is -2.15. The van der Waals surface area contributed by atoms with Gasteiger partial charge in [-0.05, 0) is 12.1 Å². The second-order valence-corrected chi connectivity index (χ2v) is 3.14. The average Bonchev–Trinajstić information content (AvgIpc) is 2.66. The molecule has 1 atom stereocenters. The van der Waals surface area contributed by atoms with Gasteiger partial charge in [0.05, 0.1) is 18.7 Å². The van der Waals surface area contributed by atoms with Crippen molar-refractivity contribution < 1.29 is 32.3 Å². The van der Waals surface area contributed by atoms with Crippen molar-refractivity contribution in [1.82, 2.24) is 5.32 Å². The molecule has 1 aromatic rings. The number of hydrogen-bond donors (Lipinski definition) is 2. The molecule has 1 heterocycles. The van der Waals surface area contributed by atoms with Gasteiger partial charge < -0.3 is 14.8 Å². The third-order valence-corrected chi connectivity index (χ3v) is 1.83. The van der Waals surface area contributed by atoms with Gasteiger partial charge in [-0.25, -0.2) is 0 Å². The fourth-order valence-corrected chi connectivity index (χ4v) is 1.13. The second kappa shape index (κ2) is 4.89. The van der Waals surface area contributed by atoms with Crippen molar-refractivity contribution in [2.24, 2.45) is 0 Å². The molecule has 0 aliphatic carbocycles. The summed E-state index contributed by atoms with van der Waals surface area (Å²) < 4.78 is 40.8. The molecule has 5 nitrogen and oxygen atoms in total. The van der Waals surface area contributed by atoms with E-state index in [1.165, 1.54) is 18.4 Å². The predicted molar refractivity (Wildman–Crippen MR) is 47.9 cm³/mol. The van der Waals surface area contributed by atoms with Crippen LogP contribution in [0.25, 0.3) is 0 Å². The van der Waals surface area contributed by atoms with Crippen molar-refractivity contribution in [3.8, 4) is 0 Å². The zero-order chi connectivity index (χ0) is 13.1. The van der Waals surface area contributed by atoms with E-state index in [-0.39, 0.29) is 5.76 Å². The SMILES string of the molecule is O=C(O)CC(NC(=O)C(F)(F)F)c1ccco1. The summed E-state index contributed by atoms with van der Waals surface area (Å²) in [4.78, 5) is 21.1. The molecule has 0 aliphatic heterocycles. The molecular weight excluding hydrogens is 243 g/mol. The van der Waals surface area contributed by atoms with Gasteiger partial charge in [0.25, 0.3) is 0 Å². The van der Waals surface area contributed by atoms with Gasteiger partial charge in [-0.2, -0.15) is 13.2 Å². The van der Waals surface area contributed by atoms with E-state index in [0.29, 0.717) is 0 Å². The molecule has 0 radical (unpaired) electrons. The number of halogens is 3. The Morgan fingerprint density at radius 1 is 1.47 bits per heavy atom. The molecule has 1 aromatic heterocycles. The Balaban J connectivity index is 2.79. The third-order valence-electron chi connectivity index (χ3n) is 1.83. The number of carbonyl (C=O) groups excluding carboxylic acids is 1. The van der Waals surface area contributed by atoms with Gasteiger partial charge in [-0.15, -0.1) is 0 Å². The Morgan fingerprint density at radius 2 is 2.12 bits per heavy atom. The van der Waals surface area contributed by atoms with E-state index in [9.17, 15) is 22.8 Å². The monoisotopic (exact) mass is 251 g/mol. The summed E-state index contributed by atoms with van der Waals surface area (Å²) in [5.41, 5.74) is 0. The predicted octanol–water partition coefficient (Wildman–Crippen LogP) is 1.47. The first-order valence-corrected chi connectivity index (χ1v) is 4.43. The van der Waals surface area contributed by atoms with Gasteiger partial charge >= 0.3 is 18.1 Å². The van der Waals surface area contributed by atoms with Crippen molar-refractivity contribution in [1.29, 1.82) is 0 Å². The number of amides is 1. The number of carboxylic acids is 1. The molecule has 0 fully saturated rings. The first-order chi connectivity index (χ1) is 7.80. The van der Waals surface area contributed by atoms with Crippen LogP contribution in [0.5, 0.6) is 0 Å². The molecular formula is C9H8F3NO4. The largest absolute Gasteiger partial charge is 0.481 e. The molecule has 1 rings (SSSR count). The summed E-state index contributed by atoms with van der Waals surface area (Å²) in [6.07, 6.45) is -4.59. The highest BCUT2D eigenvalue weighted by atomic mass is 19.4. The number of alkyl halides is 3. The van der Waals surface area contributed by atoms with Crippen LogP contribution in [0.4, 0.5) is 13.2 Å². The van der Waals surface area contributed by atoms with Crippen molar-refractivity contribution in [2.75, 3.05) is 0 Å². The molecule has 0 spiro atoms. The Kier molecular flexibility index (Phi) is 3.77. The van der Waals surface area contributed by atoms with Crippen LogP contribution in [0.3, 0.4) is 0 Å². The summed E-state index contributed by atoms with van der Waals surface area (Å²) in [5, 5.41) is 10.1. The second-order valence-electron chi connectivity index (χ2n) is 3.14. The van der Waals surface area contributed by atoms with E-state index in [0.717, 1.165) is 0 Å². The zero-order valence-electron chi connectivity index (χ0n) is 8.32. The fourth-order valence-electron chi connectivity index (χ4n) is 1.13. The van der Waals surface area contributed by atoms with Gasteiger partial charge in [-0.3, -0.25) is 9.59 Å². The number of furan rings is 1. The normalized spacial score (nSPS) is 13.1. The molecule has 8 heteroatoms.